The van der Waals surface area contributed by atoms with Crippen molar-refractivity contribution in [2.24, 2.45) is 5.73 Å². The molecule has 1 saturated heterocycles. The lowest BCUT2D eigenvalue weighted by Crippen LogP contribution is -2.58. The van der Waals surface area contributed by atoms with E-state index in [0.29, 0.717) is 19.4 Å². The molecule has 0 radical (unpaired) electrons. The Bertz CT molecular complexity index is 1750. The number of para-hydroxylation sites is 1. The van der Waals surface area contributed by atoms with E-state index in [9.17, 15) is 24.3 Å². The van der Waals surface area contributed by atoms with E-state index < -0.39 is 47.9 Å². The summed E-state index contributed by atoms with van der Waals surface area (Å²) in [5, 5.41) is 29.4. The number of carboxylic acid groups (broad SMARTS) is 1. The number of carboxylic acids is 1. The second kappa shape index (κ2) is 18.2. The molecule has 2 heterocycles. The van der Waals surface area contributed by atoms with Crippen molar-refractivity contribution in [3.8, 4) is 5.75 Å². The topological polar surface area (TPSA) is 216 Å². The highest BCUT2D eigenvalue weighted by Crippen LogP contribution is 2.20. The van der Waals surface area contributed by atoms with E-state index in [1.807, 2.05) is 54.6 Å². The highest BCUT2D eigenvalue weighted by molar-refractivity contribution is 5.95. The van der Waals surface area contributed by atoms with Gasteiger partial charge in [-0.05, 0) is 60.6 Å². The Morgan fingerprint density at radius 3 is 2.20 bits per heavy atom. The van der Waals surface area contributed by atoms with Crippen molar-refractivity contribution in [3.63, 3.8) is 0 Å². The van der Waals surface area contributed by atoms with Crippen LogP contribution in [0.3, 0.4) is 0 Å². The van der Waals surface area contributed by atoms with Gasteiger partial charge in [-0.15, -0.1) is 0 Å². The van der Waals surface area contributed by atoms with Crippen molar-refractivity contribution in [2.75, 3.05) is 6.54 Å². The van der Waals surface area contributed by atoms with E-state index in [1.54, 1.807) is 18.3 Å². The van der Waals surface area contributed by atoms with Gasteiger partial charge in [-0.25, -0.2) is 0 Å². The first-order chi connectivity index (χ1) is 24.0. The normalized spacial score (nSPS) is 19.2. The molecule has 4 aromatic rings. The molecule has 0 spiro atoms. The van der Waals surface area contributed by atoms with E-state index in [1.165, 1.54) is 12.1 Å². The lowest BCUT2D eigenvalue weighted by atomic mass is 10.0. The first-order valence-electron chi connectivity index (χ1n) is 16.5. The zero-order valence-corrected chi connectivity index (χ0v) is 27.9. The fraction of sp³-hybridized carbons (Fsp3) is 0.324. The predicted molar refractivity (Wildman–Crippen MR) is 188 cm³/mol. The molecule has 0 unspecified atom stereocenters. The second-order valence-electron chi connectivity index (χ2n) is 12.2. The first kappa shape index (κ1) is 37.1. The van der Waals surface area contributed by atoms with Crippen LogP contribution in [0.5, 0.6) is 5.75 Å². The number of aliphatic carboxylic acids is 1. The number of benzene rings is 3. The van der Waals surface area contributed by atoms with Crippen LogP contribution >= 0.6 is 0 Å². The maximum absolute atomic E-state index is 13.9. The molecule has 13 nitrogen and oxygen atoms in total. The molecule has 1 aliphatic heterocycles. The number of carbonyl (C=O) groups is 5. The zero-order valence-electron chi connectivity index (χ0n) is 27.9. The molecule has 4 amide bonds. The number of aromatic amines is 1. The molecule has 264 valence electrons. The van der Waals surface area contributed by atoms with Gasteiger partial charge in [0, 0.05) is 43.4 Å². The van der Waals surface area contributed by atoms with Gasteiger partial charge >= 0.3 is 0 Å². The van der Waals surface area contributed by atoms with Crippen LogP contribution in [0.15, 0.2) is 85.1 Å². The summed E-state index contributed by atoms with van der Waals surface area (Å²) in [6, 6.07) is 19.7. The number of aromatic hydroxyl groups is 1. The second-order valence-corrected chi connectivity index (χ2v) is 12.2. The maximum Gasteiger partial charge on any atom is 0.300 e. The number of H-pyrrole nitrogens is 1. The van der Waals surface area contributed by atoms with Crippen molar-refractivity contribution in [3.05, 3.63) is 102 Å². The van der Waals surface area contributed by atoms with Gasteiger partial charge in [-0.3, -0.25) is 24.0 Å². The monoisotopic (exact) mass is 684 g/mol. The summed E-state index contributed by atoms with van der Waals surface area (Å²) in [5.74, 6) is -2.56. The summed E-state index contributed by atoms with van der Waals surface area (Å²) in [5.41, 5.74) is 9.56. The van der Waals surface area contributed by atoms with Gasteiger partial charge in [0.05, 0.1) is 6.04 Å². The molecule has 3 aromatic carbocycles. The van der Waals surface area contributed by atoms with E-state index >= 15 is 0 Å². The quantitative estimate of drug-likeness (QED) is 0.137. The highest BCUT2D eigenvalue weighted by atomic mass is 16.4. The molecule has 0 aliphatic carbocycles. The number of fused-ring (bicyclic) bond motifs is 1. The van der Waals surface area contributed by atoms with Crippen molar-refractivity contribution in [1.82, 2.24) is 26.3 Å². The summed E-state index contributed by atoms with van der Waals surface area (Å²) in [4.78, 5) is 66.3. The molecule has 1 aromatic heterocycles. The van der Waals surface area contributed by atoms with Crippen LogP contribution in [-0.2, 0) is 43.2 Å². The lowest BCUT2D eigenvalue weighted by molar-refractivity contribution is -0.134. The van der Waals surface area contributed by atoms with Gasteiger partial charge in [-0.1, -0.05) is 60.7 Å². The molecule has 0 saturated carbocycles. The number of nitrogens with one attached hydrogen (secondary N) is 5. The number of hydrogen-bond acceptors (Lipinski definition) is 7. The SMILES string of the molecule is CC(=O)O.N[C@@H](Cc1ccc(O)cc1)C(=O)N[C@@H]1CCCCNC(=O)[C@H](Cc2ccccc2)NC(=O)[C@H](Cc2c[nH]c3ccccc23)NC1=O. The van der Waals surface area contributed by atoms with E-state index in [-0.39, 0.29) is 37.3 Å². The Hall–Kier alpha value is -5.69. The van der Waals surface area contributed by atoms with E-state index in [0.717, 1.165) is 34.5 Å². The van der Waals surface area contributed by atoms with Gasteiger partial charge in [-0.2, -0.15) is 0 Å². The Labute approximate surface area is 290 Å². The Morgan fingerprint density at radius 1 is 0.840 bits per heavy atom. The Morgan fingerprint density at radius 2 is 1.48 bits per heavy atom. The average molecular weight is 685 g/mol. The molecule has 5 rings (SSSR count). The minimum Gasteiger partial charge on any atom is -0.508 e. The van der Waals surface area contributed by atoms with Gasteiger partial charge in [0.2, 0.25) is 23.6 Å². The number of amides is 4. The van der Waals surface area contributed by atoms with E-state index in [2.05, 4.69) is 26.3 Å². The van der Waals surface area contributed by atoms with Crippen molar-refractivity contribution >= 4 is 40.5 Å². The number of phenols is 1. The van der Waals surface area contributed by atoms with E-state index in [4.69, 9.17) is 15.6 Å². The minimum absolute atomic E-state index is 0.108. The summed E-state index contributed by atoms with van der Waals surface area (Å²) < 4.78 is 0. The molecule has 4 atom stereocenters. The van der Waals surface area contributed by atoms with Crippen LogP contribution in [0, 0.1) is 0 Å². The first-order valence-corrected chi connectivity index (χ1v) is 16.5. The molecular formula is C37H44N6O7. The molecule has 13 heteroatoms. The molecule has 1 fully saturated rings. The summed E-state index contributed by atoms with van der Waals surface area (Å²) in [6.45, 7) is 1.43. The summed E-state index contributed by atoms with van der Waals surface area (Å²) in [7, 11) is 0. The third-order valence-electron chi connectivity index (χ3n) is 8.23. The van der Waals surface area contributed by atoms with Gasteiger partial charge in [0.25, 0.3) is 5.97 Å². The average Bonchev–Trinajstić information content (AvgIpc) is 3.50. The zero-order chi connectivity index (χ0) is 36.0. The fourth-order valence-corrected chi connectivity index (χ4v) is 5.67. The third kappa shape index (κ3) is 11.2. The fourth-order valence-electron chi connectivity index (χ4n) is 5.67. The van der Waals surface area contributed by atoms with Gasteiger partial charge < -0.3 is 42.2 Å². The smallest absolute Gasteiger partial charge is 0.300 e. The van der Waals surface area contributed by atoms with Gasteiger partial charge in [0.15, 0.2) is 0 Å². The van der Waals surface area contributed by atoms with Crippen LogP contribution in [0.2, 0.25) is 0 Å². The lowest BCUT2D eigenvalue weighted by Gasteiger charge is -2.25. The molecule has 50 heavy (non-hydrogen) atoms. The largest absolute Gasteiger partial charge is 0.508 e. The third-order valence-corrected chi connectivity index (χ3v) is 8.23. The maximum atomic E-state index is 13.9. The standard InChI is InChI=1S/C35H40N6O5.C2H4O2/c36-27(18-23-13-15-25(42)16-14-23)32(43)39-29-12-6-7-17-37-33(44)30(19-22-8-2-1-3-9-22)40-35(46)31(41-34(29)45)20-24-21-38-28-11-5-4-10-26(24)28;1-2(3)4/h1-5,8-11,13-16,21,27,29-31,38,42H,6-7,12,17-20,36H2,(H,37,44)(H,39,43)(H,40,46)(H,41,45);1H3,(H,3,4)/t27-,29+,30-,31-;/m0./s1. The van der Waals surface area contributed by atoms with Crippen molar-refractivity contribution < 1.29 is 34.2 Å². The molecular weight excluding hydrogens is 640 g/mol. The number of carbonyl (C=O) groups excluding carboxylic acids is 4. The molecule has 1 aliphatic rings. The van der Waals surface area contributed by atoms with Crippen molar-refractivity contribution in [2.45, 2.75) is 69.6 Å². The number of phenolic OH excluding ortho intramolecular Hbond substituents is 1. The van der Waals surface area contributed by atoms with Gasteiger partial charge in [0.1, 0.15) is 23.9 Å². The summed E-state index contributed by atoms with van der Waals surface area (Å²) in [6.07, 6.45) is 3.83. The van der Waals surface area contributed by atoms with Crippen LogP contribution in [0.4, 0.5) is 0 Å². The molecule has 9 N–H and O–H groups in total. The van der Waals surface area contributed by atoms with Crippen LogP contribution in [0.1, 0.15) is 42.9 Å². The number of nitrogens with two attached hydrogens (primary N) is 1. The van der Waals surface area contributed by atoms with Crippen LogP contribution in [-0.4, -0.2) is 75.5 Å². The number of rotatable bonds is 8. The Balaban J connectivity index is 0.00000133. The highest BCUT2D eigenvalue weighted by Gasteiger charge is 2.31. The van der Waals surface area contributed by atoms with Crippen LogP contribution in [0.25, 0.3) is 10.9 Å². The Kier molecular flexibility index (Phi) is 13.5. The summed E-state index contributed by atoms with van der Waals surface area (Å²) >= 11 is 0. The minimum atomic E-state index is -1.04. The molecule has 0 bridgehead atoms. The number of aromatic nitrogens is 1. The van der Waals surface area contributed by atoms with Crippen molar-refractivity contribution in [1.29, 1.82) is 0 Å². The number of hydrogen-bond donors (Lipinski definition) is 8. The van der Waals surface area contributed by atoms with Crippen LogP contribution < -0.4 is 27.0 Å². The predicted octanol–water partition coefficient (Wildman–Crippen LogP) is 2.07.